The molecule has 0 aliphatic carbocycles. The smallest absolute Gasteiger partial charge is 0.416 e. The van der Waals surface area contributed by atoms with Gasteiger partial charge in [-0.25, -0.2) is 8.42 Å². The number of carbonyl (C=O) groups is 1. The molecule has 11 heteroatoms. The zero-order chi connectivity index (χ0) is 23.5. The van der Waals surface area contributed by atoms with Gasteiger partial charge in [0.25, 0.3) is 0 Å². The summed E-state index contributed by atoms with van der Waals surface area (Å²) in [5, 5.41) is -0.294. The maximum Gasteiger partial charge on any atom is 0.416 e. The highest BCUT2D eigenvalue weighted by atomic mass is 35.5. The summed E-state index contributed by atoms with van der Waals surface area (Å²) in [5.74, 6) is 0.341. The van der Waals surface area contributed by atoms with E-state index in [9.17, 15) is 26.4 Å². The van der Waals surface area contributed by atoms with Gasteiger partial charge in [-0.05, 0) is 42.0 Å². The summed E-state index contributed by atoms with van der Waals surface area (Å²) in [4.78, 5) is 13.3. The molecule has 2 aromatic carbocycles. The SMILES string of the molecule is COc1cccc(/C=C/C(=O)N2CCN(S(=O)(=O)c3cc(C(F)(F)F)ccc3Cl)CC2)c1. The third-order valence-electron chi connectivity index (χ3n) is 4.94. The maximum absolute atomic E-state index is 13.0. The molecule has 0 atom stereocenters. The minimum absolute atomic E-state index is 0.0619. The molecule has 1 heterocycles. The van der Waals surface area contributed by atoms with Gasteiger partial charge in [0.1, 0.15) is 10.6 Å². The van der Waals surface area contributed by atoms with Gasteiger partial charge in [-0.1, -0.05) is 23.7 Å². The van der Waals surface area contributed by atoms with Crippen molar-refractivity contribution < 1.29 is 31.1 Å². The van der Waals surface area contributed by atoms with E-state index >= 15 is 0 Å². The van der Waals surface area contributed by atoms with E-state index in [0.29, 0.717) is 11.8 Å². The number of methoxy groups -OCH3 is 1. The number of hydrogen-bond donors (Lipinski definition) is 0. The number of benzene rings is 2. The first kappa shape index (κ1) is 24.1. The standard InChI is InChI=1S/C21H20ClF3N2O4S/c1-31-17-4-2-3-15(13-17)5-8-20(28)26-9-11-27(12-10-26)32(29,30)19-14-16(21(23,24)25)6-7-18(19)22/h2-8,13-14H,9-12H2,1H3/b8-5+. The fourth-order valence-electron chi connectivity index (χ4n) is 3.18. The van der Waals surface area contributed by atoms with Crippen molar-refractivity contribution >= 4 is 33.6 Å². The molecule has 1 fully saturated rings. The lowest BCUT2D eigenvalue weighted by molar-refractivity contribution is -0.137. The topological polar surface area (TPSA) is 66.9 Å². The molecular formula is C21H20ClF3N2O4S. The van der Waals surface area contributed by atoms with Gasteiger partial charge in [0.15, 0.2) is 0 Å². The Labute approximate surface area is 188 Å². The van der Waals surface area contributed by atoms with E-state index in [1.807, 2.05) is 0 Å². The summed E-state index contributed by atoms with van der Waals surface area (Å²) >= 11 is 5.89. The maximum atomic E-state index is 13.0. The van der Waals surface area contributed by atoms with E-state index in [4.69, 9.17) is 16.3 Å². The first-order valence-electron chi connectivity index (χ1n) is 9.50. The number of amides is 1. The Kier molecular flexibility index (Phi) is 7.16. The number of alkyl halides is 3. The molecule has 1 saturated heterocycles. The van der Waals surface area contributed by atoms with Crippen LogP contribution in [-0.4, -0.2) is 56.8 Å². The second-order valence-corrected chi connectivity index (χ2v) is 9.30. The molecule has 0 radical (unpaired) electrons. The van der Waals surface area contributed by atoms with Crippen molar-refractivity contribution in [3.63, 3.8) is 0 Å². The van der Waals surface area contributed by atoms with Crippen LogP contribution in [0.2, 0.25) is 5.02 Å². The van der Waals surface area contributed by atoms with Crippen LogP contribution < -0.4 is 4.74 Å². The van der Waals surface area contributed by atoms with Gasteiger partial charge in [-0.2, -0.15) is 17.5 Å². The molecule has 1 aliphatic heterocycles. The number of carbonyl (C=O) groups excluding carboxylic acids is 1. The minimum atomic E-state index is -4.70. The van der Waals surface area contributed by atoms with E-state index in [-0.39, 0.29) is 37.1 Å². The second kappa shape index (κ2) is 9.51. The number of ether oxygens (including phenoxy) is 1. The van der Waals surface area contributed by atoms with Crippen molar-refractivity contribution in [2.24, 2.45) is 0 Å². The number of piperazine rings is 1. The van der Waals surface area contributed by atoms with Gasteiger partial charge in [0, 0.05) is 32.3 Å². The van der Waals surface area contributed by atoms with Gasteiger partial charge in [0.05, 0.1) is 17.7 Å². The van der Waals surface area contributed by atoms with Gasteiger partial charge in [-0.15, -0.1) is 0 Å². The van der Waals surface area contributed by atoms with E-state index < -0.39 is 26.7 Å². The van der Waals surface area contributed by atoms with Crippen LogP contribution in [0.25, 0.3) is 6.08 Å². The number of rotatable bonds is 5. The second-order valence-electron chi connectivity index (χ2n) is 6.98. The summed E-state index contributed by atoms with van der Waals surface area (Å²) in [7, 11) is -2.72. The first-order chi connectivity index (χ1) is 15.0. The fourth-order valence-corrected chi connectivity index (χ4v) is 5.11. The van der Waals surface area contributed by atoms with Crippen LogP contribution in [0.1, 0.15) is 11.1 Å². The number of nitrogens with zero attached hydrogens (tertiary/aromatic N) is 2. The lowest BCUT2D eigenvalue weighted by atomic mass is 10.2. The molecule has 0 spiro atoms. The molecule has 3 rings (SSSR count). The van der Waals surface area contributed by atoms with Crippen LogP contribution in [0, 0.1) is 0 Å². The molecule has 32 heavy (non-hydrogen) atoms. The van der Waals surface area contributed by atoms with Crippen LogP contribution in [0.3, 0.4) is 0 Å². The number of hydrogen-bond acceptors (Lipinski definition) is 4. The molecule has 0 N–H and O–H groups in total. The normalized spacial score (nSPS) is 15.8. The quantitative estimate of drug-likeness (QED) is 0.598. The lowest BCUT2D eigenvalue weighted by Gasteiger charge is -2.33. The predicted molar refractivity (Wildman–Crippen MR) is 114 cm³/mol. The third-order valence-corrected chi connectivity index (χ3v) is 7.32. The Morgan fingerprint density at radius 2 is 1.78 bits per heavy atom. The van der Waals surface area contributed by atoms with E-state index in [0.717, 1.165) is 22.0 Å². The highest BCUT2D eigenvalue weighted by Gasteiger charge is 2.35. The Morgan fingerprint density at radius 1 is 1.09 bits per heavy atom. The molecule has 6 nitrogen and oxygen atoms in total. The third kappa shape index (κ3) is 5.43. The van der Waals surface area contributed by atoms with Crippen LogP contribution >= 0.6 is 11.6 Å². The summed E-state index contributed by atoms with van der Waals surface area (Å²) in [5.41, 5.74) is -0.338. The van der Waals surface area contributed by atoms with Gasteiger partial charge < -0.3 is 9.64 Å². The lowest BCUT2D eigenvalue weighted by Crippen LogP contribution is -2.50. The largest absolute Gasteiger partial charge is 0.497 e. The molecule has 0 bridgehead atoms. The Balaban J connectivity index is 1.68. The van der Waals surface area contributed by atoms with Crippen molar-refractivity contribution in [2.75, 3.05) is 33.3 Å². The average Bonchev–Trinajstić information content (AvgIpc) is 2.77. The molecule has 0 unspecified atom stereocenters. The van der Waals surface area contributed by atoms with E-state index in [1.54, 1.807) is 30.3 Å². The van der Waals surface area contributed by atoms with Crippen molar-refractivity contribution in [3.05, 3.63) is 64.7 Å². The van der Waals surface area contributed by atoms with Crippen LogP contribution in [0.5, 0.6) is 5.75 Å². The van der Waals surface area contributed by atoms with Crippen molar-refractivity contribution in [1.82, 2.24) is 9.21 Å². The first-order valence-corrected chi connectivity index (χ1v) is 11.3. The van der Waals surface area contributed by atoms with Crippen LogP contribution in [0.15, 0.2) is 53.4 Å². The molecule has 2 aromatic rings. The summed E-state index contributed by atoms with van der Waals surface area (Å²) in [6.07, 6.45) is -1.70. The number of sulfonamides is 1. The van der Waals surface area contributed by atoms with Crippen LogP contribution in [0.4, 0.5) is 13.2 Å². The average molecular weight is 489 g/mol. The monoisotopic (exact) mass is 488 g/mol. The van der Waals surface area contributed by atoms with Gasteiger partial charge in [-0.3, -0.25) is 4.79 Å². The van der Waals surface area contributed by atoms with Gasteiger partial charge >= 0.3 is 6.18 Å². The van der Waals surface area contributed by atoms with E-state index in [2.05, 4.69) is 0 Å². The summed E-state index contributed by atoms with van der Waals surface area (Å²) in [6.45, 7) is 0.0650. The van der Waals surface area contributed by atoms with Gasteiger partial charge in [0.2, 0.25) is 15.9 Å². The predicted octanol–water partition coefficient (Wildman–Crippen LogP) is 3.91. The minimum Gasteiger partial charge on any atom is -0.497 e. The number of halogens is 4. The van der Waals surface area contributed by atoms with E-state index in [1.165, 1.54) is 18.1 Å². The zero-order valence-corrected chi connectivity index (χ0v) is 18.5. The molecule has 172 valence electrons. The molecule has 1 amide bonds. The Hall–Kier alpha value is -2.56. The Bertz CT molecular complexity index is 1130. The highest BCUT2D eigenvalue weighted by molar-refractivity contribution is 7.89. The zero-order valence-electron chi connectivity index (χ0n) is 17.0. The molecule has 1 aliphatic rings. The summed E-state index contributed by atoms with van der Waals surface area (Å²) < 4.78 is 70.9. The molecule has 0 saturated carbocycles. The summed E-state index contributed by atoms with van der Waals surface area (Å²) in [6, 6.07) is 9.29. The highest BCUT2D eigenvalue weighted by Crippen LogP contribution is 2.34. The van der Waals surface area contributed by atoms with Crippen molar-refractivity contribution in [1.29, 1.82) is 0 Å². The Morgan fingerprint density at radius 3 is 2.41 bits per heavy atom. The molecule has 0 aromatic heterocycles. The van der Waals surface area contributed by atoms with Crippen LogP contribution in [-0.2, 0) is 21.0 Å². The fraction of sp³-hybridized carbons (Fsp3) is 0.286. The van der Waals surface area contributed by atoms with Crippen molar-refractivity contribution in [2.45, 2.75) is 11.1 Å². The van der Waals surface area contributed by atoms with Crippen molar-refractivity contribution in [3.8, 4) is 5.75 Å². The molecular weight excluding hydrogens is 469 g/mol.